The number of amides is 1. The highest BCUT2D eigenvalue weighted by Crippen LogP contribution is 2.36. The largest absolute Gasteiger partial charge is 0.333 e. The maximum absolute atomic E-state index is 12.5. The van der Waals surface area contributed by atoms with Crippen molar-refractivity contribution >= 4 is 40.9 Å². The van der Waals surface area contributed by atoms with Gasteiger partial charge in [0.15, 0.2) is 5.17 Å². The number of amidine groups is 1. The van der Waals surface area contributed by atoms with Crippen molar-refractivity contribution < 1.29 is 4.79 Å². The van der Waals surface area contributed by atoms with E-state index in [1.165, 1.54) is 44.1 Å². The van der Waals surface area contributed by atoms with E-state index < -0.39 is 0 Å². The number of anilines is 1. The number of thioether (sulfide) groups is 1. The summed E-state index contributed by atoms with van der Waals surface area (Å²) in [5, 5.41) is 1.38. The van der Waals surface area contributed by atoms with E-state index in [-0.39, 0.29) is 29.7 Å². The van der Waals surface area contributed by atoms with Crippen molar-refractivity contribution in [2.24, 2.45) is 4.99 Å². The molecule has 27 heavy (non-hydrogen) atoms. The fraction of sp³-hybridized carbons (Fsp3) is 0.619. The van der Waals surface area contributed by atoms with Gasteiger partial charge in [0.2, 0.25) is 5.91 Å². The number of hydrogen-bond donors (Lipinski definition) is 0. The van der Waals surface area contributed by atoms with Crippen LogP contribution in [0.15, 0.2) is 29.3 Å². The molecule has 0 aromatic heterocycles. The van der Waals surface area contributed by atoms with E-state index in [4.69, 9.17) is 4.99 Å². The van der Waals surface area contributed by atoms with Gasteiger partial charge in [0.1, 0.15) is 6.17 Å². The smallest absolute Gasteiger partial charge is 0.225 e. The molecule has 1 aromatic carbocycles. The topological polar surface area (TPSA) is 35.9 Å². The van der Waals surface area contributed by atoms with Crippen LogP contribution >= 0.6 is 24.2 Å². The minimum absolute atomic E-state index is 0. The molecule has 3 rings (SSSR count). The molecule has 1 aromatic rings. The van der Waals surface area contributed by atoms with E-state index in [0.29, 0.717) is 6.04 Å². The van der Waals surface area contributed by atoms with Crippen molar-refractivity contribution in [3.63, 3.8) is 0 Å². The van der Waals surface area contributed by atoms with E-state index in [1.807, 2.05) is 28.8 Å². The normalized spacial score (nSPS) is 25.2. The third-order valence-electron chi connectivity index (χ3n) is 5.44. The number of carbonyl (C=O) groups excluding carboxylic acids is 1. The Hall–Kier alpha value is -1.20. The van der Waals surface area contributed by atoms with Crippen LogP contribution < -0.4 is 4.90 Å². The Morgan fingerprint density at radius 2 is 1.74 bits per heavy atom. The van der Waals surface area contributed by atoms with Crippen LogP contribution in [0.3, 0.4) is 0 Å². The van der Waals surface area contributed by atoms with Crippen LogP contribution in [-0.2, 0) is 4.79 Å². The van der Waals surface area contributed by atoms with Crippen molar-refractivity contribution in [1.82, 2.24) is 4.90 Å². The van der Waals surface area contributed by atoms with Crippen LogP contribution in [0.2, 0.25) is 0 Å². The van der Waals surface area contributed by atoms with Crippen molar-refractivity contribution in [2.75, 3.05) is 11.9 Å². The molecule has 1 aliphatic carbocycles. The van der Waals surface area contributed by atoms with Gasteiger partial charge < -0.3 is 4.90 Å². The third-order valence-corrected chi connectivity index (χ3v) is 6.66. The lowest BCUT2D eigenvalue weighted by molar-refractivity contribution is -0.117. The van der Waals surface area contributed by atoms with Gasteiger partial charge in [0.25, 0.3) is 0 Å². The van der Waals surface area contributed by atoms with Gasteiger partial charge in [-0.2, -0.15) is 0 Å². The first-order chi connectivity index (χ1) is 12.5. The standard InChI is InChI=1S/C21H31N3OS.ClH/c1-15-11-13-19(14-12-15)24(17(3)25)20-16(2)26-21(23(20)4)22-18-9-7-5-6-8-10-18;/h11-14,16,18,20H,5-10H2,1-4H3;1H. The van der Waals surface area contributed by atoms with Crippen LogP contribution in [0, 0.1) is 6.92 Å². The summed E-state index contributed by atoms with van der Waals surface area (Å²) in [6.07, 6.45) is 7.67. The molecule has 1 amide bonds. The molecule has 1 heterocycles. The molecule has 1 aliphatic heterocycles. The zero-order valence-corrected chi connectivity index (χ0v) is 18.5. The molecule has 4 nitrogen and oxygen atoms in total. The highest BCUT2D eigenvalue weighted by molar-refractivity contribution is 8.14. The molecule has 2 aliphatic rings. The Morgan fingerprint density at radius 1 is 1.15 bits per heavy atom. The summed E-state index contributed by atoms with van der Waals surface area (Å²) in [6, 6.07) is 8.67. The zero-order valence-electron chi connectivity index (χ0n) is 16.9. The van der Waals surface area contributed by atoms with Crippen molar-refractivity contribution in [3.8, 4) is 0 Å². The molecule has 1 saturated carbocycles. The van der Waals surface area contributed by atoms with Gasteiger partial charge in [-0.15, -0.1) is 12.4 Å². The maximum Gasteiger partial charge on any atom is 0.225 e. The average molecular weight is 410 g/mol. The summed E-state index contributed by atoms with van der Waals surface area (Å²) in [6.45, 7) is 5.93. The van der Waals surface area contributed by atoms with Crippen molar-refractivity contribution in [1.29, 1.82) is 0 Å². The Labute approximate surface area is 174 Å². The monoisotopic (exact) mass is 409 g/mol. The fourth-order valence-electron chi connectivity index (χ4n) is 4.01. The zero-order chi connectivity index (χ0) is 18.7. The molecule has 2 unspecified atom stereocenters. The lowest BCUT2D eigenvalue weighted by atomic mass is 10.1. The Balaban J connectivity index is 0.00000261. The fourth-order valence-corrected chi connectivity index (χ4v) is 5.25. The summed E-state index contributed by atoms with van der Waals surface area (Å²) in [7, 11) is 2.08. The van der Waals surface area contributed by atoms with Gasteiger partial charge in [0, 0.05) is 24.9 Å². The first-order valence-corrected chi connectivity index (χ1v) is 10.7. The molecule has 2 atom stereocenters. The minimum atomic E-state index is 0. The molecule has 6 heteroatoms. The van der Waals surface area contributed by atoms with Gasteiger partial charge in [-0.1, -0.05) is 55.1 Å². The first kappa shape index (κ1) is 22.1. The van der Waals surface area contributed by atoms with E-state index in [1.54, 1.807) is 6.92 Å². The Morgan fingerprint density at radius 3 is 2.30 bits per heavy atom. The summed E-state index contributed by atoms with van der Waals surface area (Å²) in [4.78, 5) is 21.7. The second-order valence-corrected chi connectivity index (χ2v) is 8.97. The van der Waals surface area contributed by atoms with E-state index >= 15 is 0 Å². The summed E-state index contributed by atoms with van der Waals surface area (Å²) in [5.41, 5.74) is 2.16. The minimum Gasteiger partial charge on any atom is -0.333 e. The summed E-state index contributed by atoms with van der Waals surface area (Å²) < 4.78 is 0. The maximum atomic E-state index is 12.5. The van der Waals surface area contributed by atoms with Crippen LogP contribution in [-0.4, -0.2) is 40.5 Å². The predicted octanol–water partition coefficient (Wildman–Crippen LogP) is 5.24. The average Bonchev–Trinajstić information content (AvgIpc) is 2.79. The molecule has 1 saturated heterocycles. The summed E-state index contributed by atoms with van der Waals surface area (Å²) >= 11 is 1.81. The number of carbonyl (C=O) groups is 1. The van der Waals surface area contributed by atoms with E-state index in [2.05, 4.69) is 37.9 Å². The number of aryl methyl sites for hydroxylation is 1. The lowest BCUT2D eigenvalue weighted by Crippen LogP contribution is -2.50. The van der Waals surface area contributed by atoms with Gasteiger partial charge in [-0.25, -0.2) is 0 Å². The molecular formula is C21H32ClN3OS. The molecule has 150 valence electrons. The summed E-state index contributed by atoms with van der Waals surface area (Å²) in [5.74, 6) is 0.0777. The second-order valence-electron chi connectivity index (χ2n) is 7.63. The second kappa shape index (κ2) is 9.83. The number of halogens is 1. The number of aliphatic imine (C=N–C) groups is 1. The van der Waals surface area contributed by atoms with Gasteiger partial charge in [-0.05, 0) is 38.8 Å². The van der Waals surface area contributed by atoms with Crippen molar-refractivity contribution in [3.05, 3.63) is 29.8 Å². The highest BCUT2D eigenvalue weighted by atomic mass is 35.5. The first-order valence-electron chi connectivity index (χ1n) is 9.81. The lowest BCUT2D eigenvalue weighted by Gasteiger charge is -2.35. The van der Waals surface area contributed by atoms with Crippen LogP contribution in [0.1, 0.15) is 57.9 Å². The van der Waals surface area contributed by atoms with E-state index in [0.717, 1.165) is 10.9 Å². The number of rotatable bonds is 3. The van der Waals surface area contributed by atoms with Crippen LogP contribution in [0.4, 0.5) is 5.69 Å². The van der Waals surface area contributed by atoms with Gasteiger partial charge in [-0.3, -0.25) is 14.7 Å². The quantitative estimate of drug-likeness (QED) is 0.640. The Kier molecular flexibility index (Phi) is 8.04. The number of hydrogen-bond acceptors (Lipinski definition) is 3. The number of benzene rings is 1. The van der Waals surface area contributed by atoms with Crippen LogP contribution in [0.5, 0.6) is 0 Å². The van der Waals surface area contributed by atoms with Crippen molar-refractivity contribution in [2.45, 2.75) is 76.8 Å². The van der Waals surface area contributed by atoms with Gasteiger partial charge >= 0.3 is 0 Å². The Bertz CT molecular complexity index is 656. The predicted molar refractivity (Wildman–Crippen MR) is 119 cm³/mol. The number of nitrogens with zero attached hydrogens (tertiary/aromatic N) is 3. The molecule has 0 bridgehead atoms. The third kappa shape index (κ3) is 5.20. The van der Waals surface area contributed by atoms with Gasteiger partial charge in [0.05, 0.1) is 6.04 Å². The van der Waals surface area contributed by atoms with E-state index in [9.17, 15) is 4.79 Å². The molecule has 0 N–H and O–H groups in total. The molecule has 0 radical (unpaired) electrons. The molecule has 2 fully saturated rings. The SMILES string of the molecule is CC(=O)N(c1ccc(C)cc1)C1C(C)SC(=NC2CCCCCC2)N1C.Cl. The molecule has 0 spiro atoms. The molecular weight excluding hydrogens is 378 g/mol. The highest BCUT2D eigenvalue weighted by Gasteiger charge is 2.40. The van der Waals surface area contributed by atoms with Crippen LogP contribution in [0.25, 0.3) is 0 Å².